The van der Waals surface area contributed by atoms with Crippen LogP contribution in [0.2, 0.25) is 0 Å². The Kier molecular flexibility index (Phi) is 3.20. The lowest BCUT2D eigenvalue weighted by Crippen LogP contribution is -2.12. The Morgan fingerprint density at radius 1 is 1.30 bits per heavy atom. The molecule has 0 heterocycles. The molecule has 1 saturated carbocycles. The summed E-state index contributed by atoms with van der Waals surface area (Å²) in [6.45, 7) is 1.90. The van der Waals surface area contributed by atoms with Gasteiger partial charge in [0.25, 0.3) is 0 Å². The number of rotatable bonds is 2. The quantitative estimate of drug-likeness (QED) is 0.627. The van der Waals surface area contributed by atoms with Crippen molar-refractivity contribution in [3.8, 4) is 0 Å². The summed E-state index contributed by atoms with van der Waals surface area (Å²) in [6.07, 6.45) is 7.84. The fourth-order valence-corrected chi connectivity index (χ4v) is 1.91. The van der Waals surface area contributed by atoms with Crippen molar-refractivity contribution in [2.45, 2.75) is 51.6 Å². The Morgan fingerprint density at radius 3 is 2.40 bits per heavy atom. The van der Waals surface area contributed by atoms with Crippen molar-refractivity contribution in [1.29, 1.82) is 0 Å². The molecular weight excluding hydrogens is 124 g/mol. The van der Waals surface area contributed by atoms with Crippen LogP contribution in [0.15, 0.2) is 0 Å². The molecule has 0 radical (unpaired) electrons. The summed E-state index contributed by atoms with van der Waals surface area (Å²) in [5, 5.41) is 9.10. The van der Waals surface area contributed by atoms with E-state index in [9.17, 15) is 0 Å². The Balaban J connectivity index is 2.13. The molecule has 1 aliphatic carbocycles. The van der Waals surface area contributed by atoms with Crippen LogP contribution in [0.1, 0.15) is 45.4 Å². The molecular formula is C9H18O. The van der Waals surface area contributed by atoms with Gasteiger partial charge in [0.15, 0.2) is 0 Å². The van der Waals surface area contributed by atoms with Crippen LogP contribution in [-0.4, -0.2) is 11.2 Å². The minimum absolute atomic E-state index is 0.0805. The van der Waals surface area contributed by atoms with Crippen LogP contribution in [0.3, 0.4) is 0 Å². The van der Waals surface area contributed by atoms with Gasteiger partial charge in [-0.25, -0.2) is 0 Å². The maximum Gasteiger partial charge on any atom is 0.0514 e. The van der Waals surface area contributed by atoms with E-state index >= 15 is 0 Å². The van der Waals surface area contributed by atoms with Crippen LogP contribution in [0, 0.1) is 5.92 Å². The first-order valence-corrected chi connectivity index (χ1v) is 4.47. The molecule has 0 spiro atoms. The Bertz CT molecular complexity index is 82.7. The Morgan fingerprint density at radius 2 is 1.90 bits per heavy atom. The third-order valence-electron chi connectivity index (χ3n) is 2.40. The van der Waals surface area contributed by atoms with Crippen LogP contribution in [0.25, 0.3) is 0 Å². The monoisotopic (exact) mass is 142 g/mol. The zero-order chi connectivity index (χ0) is 7.40. The molecule has 1 unspecified atom stereocenters. The lowest BCUT2D eigenvalue weighted by atomic mass is 9.86. The van der Waals surface area contributed by atoms with Gasteiger partial charge in [-0.3, -0.25) is 0 Å². The minimum atomic E-state index is -0.0805. The molecule has 1 atom stereocenters. The second kappa shape index (κ2) is 3.97. The van der Waals surface area contributed by atoms with E-state index in [0.717, 1.165) is 12.3 Å². The Hall–Kier alpha value is -0.0400. The molecule has 60 valence electrons. The topological polar surface area (TPSA) is 20.2 Å². The molecule has 1 nitrogen and oxygen atoms in total. The maximum absolute atomic E-state index is 9.10. The van der Waals surface area contributed by atoms with E-state index in [-0.39, 0.29) is 6.10 Å². The van der Waals surface area contributed by atoms with Crippen molar-refractivity contribution in [2.24, 2.45) is 5.92 Å². The first-order valence-electron chi connectivity index (χ1n) is 4.47. The van der Waals surface area contributed by atoms with Crippen LogP contribution in [0.4, 0.5) is 0 Å². The SMILES string of the molecule is CC(O)CC1CCCCC1. The first-order chi connectivity index (χ1) is 4.79. The second-order valence-electron chi connectivity index (χ2n) is 3.59. The van der Waals surface area contributed by atoms with Crippen LogP contribution in [0.5, 0.6) is 0 Å². The molecule has 10 heavy (non-hydrogen) atoms. The second-order valence-corrected chi connectivity index (χ2v) is 3.59. The van der Waals surface area contributed by atoms with Gasteiger partial charge in [-0.1, -0.05) is 32.1 Å². The average Bonchev–Trinajstić information content (AvgIpc) is 1.88. The molecule has 1 aliphatic rings. The predicted molar refractivity (Wildman–Crippen MR) is 42.9 cm³/mol. The fourth-order valence-electron chi connectivity index (χ4n) is 1.91. The first kappa shape index (κ1) is 8.06. The highest BCUT2D eigenvalue weighted by Crippen LogP contribution is 2.26. The zero-order valence-electron chi connectivity index (χ0n) is 6.84. The molecule has 0 bridgehead atoms. The smallest absolute Gasteiger partial charge is 0.0514 e. The number of aliphatic hydroxyl groups is 1. The summed E-state index contributed by atoms with van der Waals surface area (Å²) in [6, 6.07) is 0. The van der Waals surface area contributed by atoms with E-state index in [2.05, 4.69) is 0 Å². The van der Waals surface area contributed by atoms with Gasteiger partial charge < -0.3 is 5.11 Å². The number of hydrogen-bond acceptors (Lipinski definition) is 1. The standard InChI is InChI=1S/C9H18O/c1-8(10)7-9-5-3-2-4-6-9/h8-10H,2-7H2,1H3. The van der Waals surface area contributed by atoms with Crippen LogP contribution < -0.4 is 0 Å². The highest BCUT2D eigenvalue weighted by Gasteiger charge is 2.14. The minimum Gasteiger partial charge on any atom is -0.393 e. The molecule has 0 saturated heterocycles. The van der Waals surface area contributed by atoms with Crippen molar-refractivity contribution in [3.63, 3.8) is 0 Å². The largest absolute Gasteiger partial charge is 0.393 e. The molecule has 0 aromatic heterocycles. The highest BCUT2D eigenvalue weighted by molar-refractivity contribution is 4.67. The molecule has 1 fully saturated rings. The van der Waals surface area contributed by atoms with Crippen molar-refractivity contribution in [1.82, 2.24) is 0 Å². The van der Waals surface area contributed by atoms with Crippen molar-refractivity contribution in [3.05, 3.63) is 0 Å². The van der Waals surface area contributed by atoms with Gasteiger partial charge in [-0.15, -0.1) is 0 Å². The highest BCUT2D eigenvalue weighted by atomic mass is 16.3. The van der Waals surface area contributed by atoms with E-state index in [4.69, 9.17) is 5.11 Å². The Labute approximate surface area is 63.4 Å². The van der Waals surface area contributed by atoms with E-state index in [1.165, 1.54) is 32.1 Å². The van der Waals surface area contributed by atoms with Crippen LogP contribution in [-0.2, 0) is 0 Å². The van der Waals surface area contributed by atoms with Gasteiger partial charge in [0.05, 0.1) is 6.10 Å². The molecule has 1 heteroatoms. The molecule has 0 aromatic rings. The van der Waals surface area contributed by atoms with Gasteiger partial charge in [0, 0.05) is 0 Å². The number of hydrogen-bond donors (Lipinski definition) is 1. The van der Waals surface area contributed by atoms with Gasteiger partial charge >= 0.3 is 0 Å². The third-order valence-corrected chi connectivity index (χ3v) is 2.40. The molecule has 0 aliphatic heterocycles. The van der Waals surface area contributed by atoms with Gasteiger partial charge in [-0.05, 0) is 19.3 Å². The molecule has 0 aromatic carbocycles. The van der Waals surface area contributed by atoms with E-state index in [1.807, 2.05) is 6.92 Å². The number of aliphatic hydroxyl groups excluding tert-OH is 1. The lowest BCUT2D eigenvalue weighted by Gasteiger charge is -2.22. The van der Waals surface area contributed by atoms with Crippen LogP contribution >= 0.6 is 0 Å². The van der Waals surface area contributed by atoms with E-state index in [1.54, 1.807) is 0 Å². The van der Waals surface area contributed by atoms with E-state index in [0.29, 0.717) is 0 Å². The van der Waals surface area contributed by atoms with Gasteiger partial charge in [0.2, 0.25) is 0 Å². The summed E-state index contributed by atoms with van der Waals surface area (Å²) < 4.78 is 0. The molecule has 0 amide bonds. The summed E-state index contributed by atoms with van der Waals surface area (Å²) >= 11 is 0. The van der Waals surface area contributed by atoms with Crippen molar-refractivity contribution >= 4 is 0 Å². The van der Waals surface area contributed by atoms with Gasteiger partial charge in [0.1, 0.15) is 0 Å². The van der Waals surface area contributed by atoms with Crippen molar-refractivity contribution < 1.29 is 5.11 Å². The summed E-state index contributed by atoms with van der Waals surface area (Å²) in [5.41, 5.74) is 0. The summed E-state index contributed by atoms with van der Waals surface area (Å²) in [4.78, 5) is 0. The van der Waals surface area contributed by atoms with Gasteiger partial charge in [-0.2, -0.15) is 0 Å². The maximum atomic E-state index is 9.10. The average molecular weight is 142 g/mol. The van der Waals surface area contributed by atoms with Crippen molar-refractivity contribution in [2.75, 3.05) is 0 Å². The molecule has 1 rings (SSSR count). The zero-order valence-corrected chi connectivity index (χ0v) is 6.84. The normalized spacial score (nSPS) is 24.6. The molecule has 1 N–H and O–H groups in total. The predicted octanol–water partition coefficient (Wildman–Crippen LogP) is 2.34. The lowest BCUT2D eigenvalue weighted by molar-refractivity contribution is 0.146. The summed E-state index contributed by atoms with van der Waals surface area (Å²) in [7, 11) is 0. The fraction of sp³-hybridized carbons (Fsp3) is 1.00. The summed E-state index contributed by atoms with van der Waals surface area (Å²) in [5.74, 6) is 0.828. The van der Waals surface area contributed by atoms with E-state index < -0.39 is 0 Å². The third kappa shape index (κ3) is 2.70.